The molecule has 0 unspecified atom stereocenters. The first-order chi connectivity index (χ1) is 13.0. The summed E-state index contributed by atoms with van der Waals surface area (Å²) in [5.41, 5.74) is 5.87. The quantitative estimate of drug-likeness (QED) is 0.192. The van der Waals surface area contributed by atoms with Crippen LogP contribution in [-0.4, -0.2) is 18.6 Å². The molecule has 0 amide bonds. The van der Waals surface area contributed by atoms with E-state index in [2.05, 4.69) is 13.8 Å². The number of rotatable bonds is 19. The molecule has 2 atom stereocenters. The van der Waals surface area contributed by atoms with Crippen LogP contribution in [0, 0.1) is 11.8 Å². The number of unbranched alkanes of at least 4 members (excludes halogenated alkanes) is 12. The van der Waals surface area contributed by atoms with Crippen molar-refractivity contribution in [1.29, 1.82) is 0 Å². The summed E-state index contributed by atoms with van der Waals surface area (Å²) >= 11 is 0. The van der Waals surface area contributed by atoms with Crippen molar-refractivity contribution >= 4 is 5.97 Å². The van der Waals surface area contributed by atoms with Crippen LogP contribution in [-0.2, 0) is 9.53 Å². The molecule has 0 aliphatic heterocycles. The maximum atomic E-state index is 11.8. The maximum Gasteiger partial charge on any atom is 0.323 e. The van der Waals surface area contributed by atoms with Gasteiger partial charge in [0.2, 0.25) is 0 Å². The van der Waals surface area contributed by atoms with E-state index in [1.165, 1.54) is 77.0 Å². The van der Waals surface area contributed by atoms with Crippen LogP contribution in [0.2, 0.25) is 0 Å². The number of ether oxygens (including phenoxy) is 1. The molecule has 2 N–H and O–H groups in total. The summed E-state index contributed by atoms with van der Waals surface area (Å²) in [4.78, 5) is 11.8. The topological polar surface area (TPSA) is 52.3 Å². The third-order valence-electron chi connectivity index (χ3n) is 5.70. The van der Waals surface area contributed by atoms with Gasteiger partial charge in [0, 0.05) is 0 Å². The number of hydrogen-bond acceptors (Lipinski definition) is 3. The Labute approximate surface area is 170 Å². The fourth-order valence-electron chi connectivity index (χ4n) is 3.35. The van der Waals surface area contributed by atoms with Gasteiger partial charge >= 0.3 is 5.97 Å². The maximum absolute atomic E-state index is 11.8. The number of nitrogens with two attached hydrogens (primary N) is 1. The lowest BCUT2D eigenvalue weighted by Crippen LogP contribution is -2.38. The Kier molecular flexibility index (Phi) is 18.4. The van der Waals surface area contributed by atoms with Crippen molar-refractivity contribution in [1.82, 2.24) is 0 Å². The molecule has 0 heterocycles. The van der Waals surface area contributed by atoms with Gasteiger partial charge in [0.15, 0.2) is 0 Å². The highest BCUT2D eigenvalue weighted by Gasteiger charge is 2.20. The van der Waals surface area contributed by atoms with Gasteiger partial charge in [0.1, 0.15) is 6.04 Å². The van der Waals surface area contributed by atoms with Crippen molar-refractivity contribution < 1.29 is 9.53 Å². The summed E-state index contributed by atoms with van der Waals surface area (Å²) in [6, 6.07) is -0.463. The van der Waals surface area contributed by atoms with Crippen LogP contribution in [0.4, 0.5) is 0 Å². The summed E-state index contributed by atoms with van der Waals surface area (Å²) < 4.78 is 5.28. The molecule has 3 heteroatoms. The predicted molar refractivity (Wildman–Crippen MR) is 118 cm³/mol. The Balaban J connectivity index is 3.22. The van der Waals surface area contributed by atoms with E-state index in [0.717, 1.165) is 25.2 Å². The Morgan fingerprint density at radius 1 is 0.741 bits per heavy atom. The lowest BCUT2D eigenvalue weighted by molar-refractivity contribution is -0.146. The second-order valence-electron chi connectivity index (χ2n) is 8.86. The average molecular weight is 384 g/mol. The van der Waals surface area contributed by atoms with Gasteiger partial charge < -0.3 is 10.5 Å². The molecule has 162 valence electrons. The molecule has 27 heavy (non-hydrogen) atoms. The van der Waals surface area contributed by atoms with E-state index in [0.29, 0.717) is 6.61 Å². The van der Waals surface area contributed by atoms with Crippen molar-refractivity contribution in [2.45, 2.75) is 130 Å². The molecule has 0 aliphatic carbocycles. The van der Waals surface area contributed by atoms with Gasteiger partial charge in [-0.1, -0.05) is 118 Å². The SMILES string of the molecule is CC[C@H](C)[C@H](N)C(=O)OCCCCCCCCCCCCCCCC(C)C. The molecule has 0 aromatic rings. The predicted octanol–water partition coefficient (Wildman–Crippen LogP) is 7.02. The smallest absolute Gasteiger partial charge is 0.323 e. The highest BCUT2D eigenvalue weighted by atomic mass is 16.5. The first kappa shape index (κ1) is 26.4. The fourth-order valence-corrected chi connectivity index (χ4v) is 3.35. The van der Waals surface area contributed by atoms with Crippen LogP contribution in [0.5, 0.6) is 0 Å². The number of carbonyl (C=O) groups is 1. The third-order valence-corrected chi connectivity index (χ3v) is 5.70. The van der Waals surface area contributed by atoms with Crippen molar-refractivity contribution in [2.75, 3.05) is 6.61 Å². The van der Waals surface area contributed by atoms with Gasteiger partial charge in [0.05, 0.1) is 6.61 Å². The van der Waals surface area contributed by atoms with E-state index in [9.17, 15) is 4.79 Å². The zero-order valence-corrected chi connectivity index (χ0v) is 18.9. The number of carbonyl (C=O) groups excluding carboxylic acids is 1. The Bertz CT molecular complexity index is 330. The van der Waals surface area contributed by atoms with Crippen LogP contribution in [0.1, 0.15) is 124 Å². The molecule has 0 saturated heterocycles. The first-order valence-corrected chi connectivity index (χ1v) is 11.9. The molecule has 0 radical (unpaired) electrons. The molecule has 0 bridgehead atoms. The minimum absolute atomic E-state index is 0.197. The molecule has 0 spiro atoms. The number of hydrogen-bond donors (Lipinski definition) is 1. The van der Waals surface area contributed by atoms with Gasteiger partial charge in [-0.3, -0.25) is 4.79 Å². The molecule has 3 nitrogen and oxygen atoms in total. The zero-order valence-electron chi connectivity index (χ0n) is 18.9. The van der Waals surface area contributed by atoms with Crippen LogP contribution in [0.15, 0.2) is 0 Å². The van der Waals surface area contributed by atoms with Gasteiger partial charge in [-0.25, -0.2) is 0 Å². The summed E-state index contributed by atoms with van der Waals surface area (Å²) in [5.74, 6) is 0.833. The molecule has 0 aliphatic rings. The summed E-state index contributed by atoms with van der Waals surface area (Å²) in [5, 5.41) is 0. The molecule has 0 saturated carbocycles. The van der Waals surface area contributed by atoms with E-state index >= 15 is 0 Å². The highest BCUT2D eigenvalue weighted by molar-refractivity contribution is 5.75. The van der Waals surface area contributed by atoms with Crippen LogP contribution < -0.4 is 5.73 Å². The van der Waals surface area contributed by atoms with Gasteiger partial charge in [-0.2, -0.15) is 0 Å². The second kappa shape index (κ2) is 18.8. The van der Waals surface area contributed by atoms with Crippen LogP contribution in [0.25, 0.3) is 0 Å². The Morgan fingerprint density at radius 3 is 1.56 bits per heavy atom. The van der Waals surface area contributed by atoms with Gasteiger partial charge in [0.25, 0.3) is 0 Å². The summed E-state index contributed by atoms with van der Waals surface area (Å²) in [6.07, 6.45) is 19.7. The van der Waals surface area contributed by atoms with Gasteiger partial charge in [-0.05, 0) is 18.3 Å². The summed E-state index contributed by atoms with van der Waals surface area (Å²) in [7, 11) is 0. The van der Waals surface area contributed by atoms with E-state index in [1.807, 2.05) is 13.8 Å². The largest absolute Gasteiger partial charge is 0.465 e. The number of esters is 1. The standard InChI is InChI=1S/C24H49NO2/c1-5-22(4)23(25)24(26)27-20-18-16-14-12-10-8-6-7-9-11-13-15-17-19-21(2)3/h21-23H,5-20,25H2,1-4H3/t22-,23-/m0/s1. The zero-order chi connectivity index (χ0) is 20.3. The molecule has 0 fully saturated rings. The van der Waals surface area contributed by atoms with E-state index in [1.54, 1.807) is 0 Å². The summed E-state index contributed by atoms with van der Waals surface area (Å²) in [6.45, 7) is 9.21. The van der Waals surface area contributed by atoms with Crippen molar-refractivity contribution in [2.24, 2.45) is 17.6 Å². The average Bonchev–Trinajstić information content (AvgIpc) is 2.65. The van der Waals surface area contributed by atoms with Crippen molar-refractivity contribution in [3.8, 4) is 0 Å². The Hall–Kier alpha value is -0.570. The normalized spacial score (nSPS) is 13.7. The fraction of sp³-hybridized carbons (Fsp3) is 0.958. The third kappa shape index (κ3) is 17.3. The monoisotopic (exact) mass is 383 g/mol. The molecule has 0 aromatic heterocycles. The second-order valence-corrected chi connectivity index (χ2v) is 8.86. The molecule has 0 aromatic carbocycles. The lowest BCUT2D eigenvalue weighted by Gasteiger charge is -2.16. The van der Waals surface area contributed by atoms with Crippen LogP contribution >= 0.6 is 0 Å². The van der Waals surface area contributed by atoms with E-state index in [-0.39, 0.29) is 11.9 Å². The lowest BCUT2D eigenvalue weighted by atomic mass is 10.0. The van der Waals surface area contributed by atoms with Gasteiger partial charge in [-0.15, -0.1) is 0 Å². The highest BCUT2D eigenvalue weighted by Crippen LogP contribution is 2.14. The van der Waals surface area contributed by atoms with Crippen molar-refractivity contribution in [3.63, 3.8) is 0 Å². The van der Waals surface area contributed by atoms with Crippen molar-refractivity contribution in [3.05, 3.63) is 0 Å². The molecule has 0 rings (SSSR count). The Morgan fingerprint density at radius 2 is 1.15 bits per heavy atom. The minimum Gasteiger partial charge on any atom is -0.465 e. The molecular weight excluding hydrogens is 334 g/mol. The first-order valence-electron chi connectivity index (χ1n) is 11.9. The van der Waals surface area contributed by atoms with E-state index < -0.39 is 6.04 Å². The van der Waals surface area contributed by atoms with Crippen LogP contribution in [0.3, 0.4) is 0 Å². The van der Waals surface area contributed by atoms with E-state index in [4.69, 9.17) is 10.5 Å². The molecular formula is C24H49NO2. The minimum atomic E-state index is -0.463.